The first-order valence-corrected chi connectivity index (χ1v) is 11.4. The van der Waals surface area contributed by atoms with E-state index in [-0.39, 0.29) is 11.6 Å². The molecule has 0 bridgehead atoms. The number of H-pyrrole nitrogens is 1. The molecule has 154 valence electrons. The fourth-order valence-corrected chi connectivity index (χ4v) is 3.93. The van der Waals surface area contributed by atoms with E-state index in [1.165, 1.54) is 12.3 Å². The SMILES string of the molecule is CN=C(NCCc1c[nH]c2ccc(F)cc12)NCc1ccc(CS(C)(=O)=O)cc1. The number of aliphatic imine (C=N–C) groups is 1. The van der Waals surface area contributed by atoms with Crippen molar-refractivity contribution in [2.24, 2.45) is 4.99 Å². The van der Waals surface area contributed by atoms with Crippen LogP contribution in [0.1, 0.15) is 16.7 Å². The van der Waals surface area contributed by atoms with Crippen LogP contribution in [0, 0.1) is 5.82 Å². The second-order valence-corrected chi connectivity index (χ2v) is 9.13. The van der Waals surface area contributed by atoms with E-state index >= 15 is 0 Å². The Hall–Kier alpha value is -2.87. The minimum atomic E-state index is -3.03. The molecule has 0 saturated heterocycles. The second kappa shape index (κ2) is 9.09. The molecule has 0 aliphatic carbocycles. The molecule has 3 N–H and O–H groups in total. The van der Waals surface area contributed by atoms with Crippen LogP contribution in [0.3, 0.4) is 0 Å². The molecule has 0 radical (unpaired) electrons. The predicted molar refractivity (Wildman–Crippen MR) is 115 cm³/mol. The van der Waals surface area contributed by atoms with Gasteiger partial charge in [0.2, 0.25) is 0 Å². The van der Waals surface area contributed by atoms with E-state index in [0.717, 1.165) is 34.0 Å². The van der Waals surface area contributed by atoms with E-state index in [0.29, 0.717) is 19.0 Å². The lowest BCUT2D eigenvalue weighted by Crippen LogP contribution is -2.37. The molecule has 3 rings (SSSR count). The Balaban J connectivity index is 1.50. The van der Waals surface area contributed by atoms with Gasteiger partial charge in [0.25, 0.3) is 0 Å². The van der Waals surface area contributed by atoms with Gasteiger partial charge in [-0.1, -0.05) is 24.3 Å². The van der Waals surface area contributed by atoms with Crippen molar-refractivity contribution >= 4 is 26.7 Å². The first kappa shape index (κ1) is 20.9. The summed E-state index contributed by atoms with van der Waals surface area (Å²) < 4.78 is 36.2. The number of benzene rings is 2. The van der Waals surface area contributed by atoms with Gasteiger partial charge in [-0.2, -0.15) is 0 Å². The van der Waals surface area contributed by atoms with Gasteiger partial charge in [0, 0.05) is 43.5 Å². The van der Waals surface area contributed by atoms with E-state index in [1.807, 2.05) is 30.5 Å². The minimum Gasteiger partial charge on any atom is -0.361 e. The molecular formula is C21H25FN4O2S. The Morgan fingerprint density at radius 3 is 2.52 bits per heavy atom. The summed E-state index contributed by atoms with van der Waals surface area (Å²) in [4.78, 5) is 7.37. The fourth-order valence-electron chi connectivity index (χ4n) is 3.14. The van der Waals surface area contributed by atoms with Gasteiger partial charge < -0.3 is 15.6 Å². The van der Waals surface area contributed by atoms with E-state index in [9.17, 15) is 12.8 Å². The Morgan fingerprint density at radius 2 is 1.83 bits per heavy atom. The lowest BCUT2D eigenvalue weighted by atomic mass is 10.1. The molecule has 0 atom stereocenters. The molecule has 29 heavy (non-hydrogen) atoms. The van der Waals surface area contributed by atoms with Crippen LogP contribution < -0.4 is 10.6 Å². The zero-order valence-corrected chi connectivity index (χ0v) is 17.3. The number of guanidine groups is 1. The number of nitrogens with zero attached hydrogens (tertiary/aromatic N) is 1. The van der Waals surface area contributed by atoms with E-state index < -0.39 is 9.84 Å². The molecule has 6 nitrogen and oxygen atoms in total. The van der Waals surface area contributed by atoms with Crippen LogP contribution in [-0.2, 0) is 28.6 Å². The summed E-state index contributed by atoms with van der Waals surface area (Å²) in [6.45, 7) is 1.22. The van der Waals surface area contributed by atoms with Crippen molar-refractivity contribution in [1.29, 1.82) is 0 Å². The van der Waals surface area contributed by atoms with Crippen LogP contribution in [0.15, 0.2) is 53.7 Å². The van der Waals surface area contributed by atoms with Gasteiger partial charge in [-0.15, -0.1) is 0 Å². The highest BCUT2D eigenvalue weighted by atomic mass is 32.2. The number of rotatable bonds is 7. The third-order valence-corrected chi connectivity index (χ3v) is 5.41. The number of hydrogen-bond donors (Lipinski definition) is 3. The Bertz CT molecular complexity index is 1110. The maximum atomic E-state index is 13.5. The lowest BCUT2D eigenvalue weighted by molar-refractivity contribution is 0.601. The molecule has 0 unspecified atom stereocenters. The number of sulfone groups is 1. The summed E-state index contributed by atoms with van der Waals surface area (Å²) in [6, 6.07) is 12.2. The average Bonchev–Trinajstić information content (AvgIpc) is 3.06. The first-order valence-electron chi connectivity index (χ1n) is 9.29. The van der Waals surface area contributed by atoms with Gasteiger partial charge >= 0.3 is 0 Å². The third kappa shape index (κ3) is 6.05. The monoisotopic (exact) mass is 416 g/mol. The standard InChI is InChI=1S/C21H25FN4O2S/c1-23-21(26-12-15-3-5-16(6-4-15)14-29(2,27)28)24-10-9-17-13-25-20-8-7-18(22)11-19(17)20/h3-8,11,13,25H,9-10,12,14H2,1-2H3,(H2,23,24,26). The number of aromatic nitrogens is 1. The van der Waals surface area contributed by atoms with Crippen LogP contribution in [0.5, 0.6) is 0 Å². The fraction of sp³-hybridized carbons (Fsp3) is 0.286. The van der Waals surface area contributed by atoms with Crippen LogP contribution in [0.25, 0.3) is 10.9 Å². The molecule has 2 aromatic carbocycles. The predicted octanol–water partition coefficient (Wildman–Crippen LogP) is 2.76. The van der Waals surface area contributed by atoms with Gasteiger partial charge in [-0.05, 0) is 41.3 Å². The highest BCUT2D eigenvalue weighted by Gasteiger charge is 2.06. The molecule has 1 heterocycles. The highest BCUT2D eigenvalue weighted by Crippen LogP contribution is 2.19. The second-order valence-electron chi connectivity index (χ2n) is 6.99. The van der Waals surface area contributed by atoms with Crippen molar-refractivity contribution < 1.29 is 12.8 Å². The summed E-state index contributed by atoms with van der Waals surface area (Å²) in [5.74, 6) is 0.462. The molecular weight excluding hydrogens is 391 g/mol. The number of fused-ring (bicyclic) bond motifs is 1. The van der Waals surface area contributed by atoms with Crippen LogP contribution >= 0.6 is 0 Å². The molecule has 3 aromatic rings. The van der Waals surface area contributed by atoms with Crippen molar-refractivity contribution in [3.05, 3.63) is 71.2 Å². The maximum absolute atomic E-state index is 13.5. The molecule has 0 spiro atoms. The topological polar surface area (TPSA) is 86.3 Å². The highest BCUT2D eigenvalue weighted by molar-refractivity contribution is 7.89. The van der Waals surface area contributed by atoms with Crippen LogP contribution in [-0.4, -0.2) is 39.2 Å². The molecule has 0 aliphatic heterocycles. The Kier molecular flexibility index (Phi) is 6.53. The summed E-state index contributed by atoms with van der Waals surface area (Å²) in [5.41, 5.74) is 3.76. The molecule has 0 fully saturated rings. The van der Waals surface area contributed by atoms with Gasteiger partial charge in [0.05, 0.1) is 5.75 Å². The smallest absolute Gasteiger partial charge is 0.191 e. The number of hydrogen-bond acceptors (Lipinski definition) is 3. The zero-order chi connectivity index (χ0) is 20.9. The zero-order valence-electron chi connectivity index (χ0n) is 16.5. The first-order chi connectivity index (χ1) is 13.8. The number of halogens is 1. The molecule has 1 aromatic heterocycles. The average molecular weight is 417 g/mol. The summed E-state index contributed by atoms with van der Waals surface area (Å²) in [5, 5.41) is 7.38. The van der Waals surface area contributed by atoms with Crippen molar-refractivity contribution in [1.82, 2.24) is 15.6 Å². The minimum absolute atomic E-state index is 0.0433. The summed E-state index contributed by atoms with van der Waals surface area (Å²) in [6.07, 6.45) is 3.86. The van der Waals surface area contributed by atoms with Crippen molar-refractivity contribution in [2.75, 3.05) is 19.8 Å². The van der Waals surface area contributed by atoms with Crippen LogP contribution in [0.2, 0.25) is 0 Å². The number of nitrogens with one attached hydrogen (secondary N) is 3. The largest absolute Gasteiger partial charge is 0.361 e. The molecule has 8 heteroatoms. The van der Waals surface area contributed by atoms with E-state index in [1.54, 1.807) is 19.2 Å². The normalized spacial score (nSPS) is 12.3. The van der Waals surface area contributed by atoms with Gasteiger partial charge in [-0.3, -0.25) is 4.99 Å². The molecule has 0 saturated carbocycles. The van der Waals surface area contributed by atoms with E-state index in [4.69, 9.17) is 0 Å². The van der Waals surface area contributed by atoms with Gasteiger partial charge in [-0.25, -0.2) is 12.8 Å². The van der Waals surface area contributed by atoms with Crippen molar-refractivity contribution in [3.8, 4) is 0 Å². The quantitative estimate of drug-likeness (QED) is 0.408. The molecule has 0 aliphatic rings. The third-order valence-electron chi connectivity index (χ3n) is 4.55. The lowest BCUT2D eigenvalue weighted by Gasteiger charge is -2.12. The van der Waals surface area contributed by atoms with Crippen LogP contribution in [0.4, 0.5) is 4.39 Å². The summed E-state index contributed by atoms with van der Waals surface area (Å²) in [7, 11) is -1.33. The van der Waals surface area contributed by atoms with E-state index in [2.05, 4.69) is 20.6 Å². The Labute approximate surface area is 170 Å². The molecule has 0 amide bonds. The van der Waals surface area contributed by atoms with Crippen molar-refractivity contribution in [3.63, 3.8) is 0 Å². The summed E-state index contributed by atoms with van der Waals surface area (Å²) >= 11 is 0. The van der Waals surface area contributed by atoms with Gasteiger partial charge in [0.15, 0.2) is 15.8 Å². The Morgan fingerprint density at radius 1 is 1.10 bits per heavy atom. The van der Waals surface area contributed by atoms with Crippen molar-refractivity contribution in [2.45, 2.75) is 18.7 Å². The van der Waals surface area contributed by atoms with Gasteiger partial charge in [0.1, 0.15) is 5.82 Å². The number of aromatic amines is 1. The maximum Gasteiger partial charge on any atom is 0.191 e.